The molecule has 4 rings (SSSR count). The maximum absolute atomic E-state index is 14.1. The van der Waals surface area contributed by atoms with E-state index in [-0.39, 0.29) is 17.1 Å². The molecule has 0 spiro atoms. The maximum atomic E-state index is 14.1. The quantitative estimate of drug-likeness (QED) is 0.345. The predicted molar refractivity (Wildman–Crippen MR) is 133 cm³/mol. The van der Waals surface area contributed by atoms with Crippen LogP contribution in [0, 0.1) is 6.92 Å². The van der Waals surface area contributed by atoms with Gasteiger partial charge in [-0.25, -0.2) is 13.2 Å². The van der Waals surface area contributed by atoms with Crippen molar-refractivity contribution in [2.24, 2.45) is 0 Å². The molecule has 0 radical (unpaired) electrons. The van der Waals surface area contributed by atoms with E-state index in [0.29, 0.717) is 5.70 Å². The Kier molecular flexibility index (Phi) is 6.70. The molecule has 1 aliphatic rings. The standard InChI is InChI=1S/C28H27NO4S/c1-4-33-28(30)21(3)27-25(22-11-7-5-8-12-22)19-26(23-13-9-6-10-14-23)29(27)34(31,32)24-17-15-20(2)16-18-24/h5-19,25,27H,3-4H2,1-2H3/t25-,27-/m1/s1. The number of esters is 1. The van der Waals surface area contributed by atoms with Crippen molar-refractivity contribution in [1.29, 1.82) is 0 Å². The molecule has 0 aliphatic carbocycles. The Morgan fingerprint density at radius 3 is 2.12 bits per heavy atom. The molecule has 34 heavy (non-hydrogen) atoms. The number of benzene rings is 3. The molecule has 0 amide bonds. The van der Waals surface area contributed by atoms with Gasteiger partial charge in [0, 0.05) is 5.92 Å². The first-order valence-electron chi connectivity index (χ1n) is 11.1. The average Bonchev–Trinajstić information content (AvgIpc) is 3.27. The topological polar surface area (TPSA) is 63.7 Å². The average molecular weight is 474 g/mol. The smallest absolute Gasteiger partial charge is 0.335 e. The Labute approximate surface area is 201 Å². The fourth-order valence-corrected chi connectivity index (χ4v) is 5.91. The number of carbonyl (C=O) groups excluding carboxylic acids is 1. The minimum absolute atomic E-state index is 0.0913. The molecular formula is C28H27NO4S. The van der Waals surface area contributed by atoms with Gasteiger partial charge < -0.3 is 4.74 Å². The van der Waals surface area contributed by atoms with Gasteiger partial charge in [-0.15, -0.1) is 0 Å². The van der Waals surface area contributed by atoms with Crippen LogP contribution in [0.2, 0.25) is 0 Å². The highest BCUT2D eigenvalue weighted by molar-refractivity contribution is 7.89. The van der Waals surface area contributed by atoms with Gasteiger partial charge in [0.15, 0.2) is 0 Å². The van der Waals surface area contributed by atoms with Gasteiger partial charge in [0.25, 0.3) is 10.0 Å². The van der Waals surface area contributed by atoms with Crippen molar-refractivity contribution in [1.82, 2.24) is 4.31 Å². The highest BCUT2D eigenvalue weighted by Crippen LogP contribution is 2.45. The lowest BCUT2D eigenvalue weighted by Crippen LogP contribution is -2.41. The fourth-order valence-electron chi connectivity index (χ4n) is 4.22. The molecule has 0 N–H and O–H groups in total. The number of sulfonamides is 1. The van der Waals surface area contributed by atoms with Crippen LogP contribution in [0.15, 0.2) is 108 Å². The van der Waals surface area contributed by atoms with E-state index in [4.69, 9.17) is 4.74 Å². The highest BCUT2D eigenvalue weighted by Gasteiger charge is 2.46. The molecule has 3 aromatic rings. The summed E-state index contributed by atoms with van der Waals surface area (Å²) in [5.74, 6) is -1.03. The molecule has 6 heteroatoms. The summed E-state index contributed by atoms with van der Waals surface area (Å²) in [5.41, 5.74) is 3.17. The molecule has 0 aromatic heterocycles. The summed E-state index contributed by atoms with van der Waals surface area (Å²) in [4.78, 5) is 13.0. The van der Waals surface area contributed by atoms with Crippen molar-refractivity contribution in [2.45, 2.75) is 30.7 Å². The third-order valence-electron chi connectivity index (χ3n) is 5.89. The Bertz CT molecular complexity index is 1310. The van der Waals surface area contributed by atoms with Gasteiger partial charge in [-0.05, 0) is 43.2 Å². The van der Waals surface area contributed by atoms with Crippen LogP contribution in [0.3, 0.4) is 0 Å². The van der Waals surface area contributed by atoms with Crippen LogP contribution in [0.4, 0.5) is 0 Å². The van der Waals surface area contributed by atoms with Crippen molar-refractivity contribution in [2.75, 3.05) is 6.61 Å². The molecule has 1 heterocycles. The Hall–Kier alpha value is -3.64. The zero-order valence-corrected chi connectivity index (χ0v) is 20.0. The third-order valence-corrected chi connectivity index (χ3v) is 7.70. The van der Waals surface area contributed by atoms with Gasteiger partial charge in [0.05, 0.1) is 28.8 Å². The van der Waals surface area contributed by atoms with Crippen molar-refractivity contribution < 1.29 is 17.9 Å². The summed E-state index contributed by atoms with van der Waals surface area (Å²) >= 11 is 0. The van der Waals surface area contributed by atoms with Crippen LogP contribution in [0.25, 0.3) is 5.70 Å². The first-order chi connectivity index (χ1) is 16.3. The van der Waals surface area contributed by atoms with Crippen molar-refractivity contribution in [3.8, 4) is 0 Å². The van der Waals surface area contributed by atoms with Crippen molar-refractivity contribution in [3.63, 3.8) is 0 Å². The van der Waals surface area contributed by atoms with E-state index in [9.17, 15) is 13.2 Å². The number of hydrogen-bond donors (Lipinski definition) is 0. The minimum atomic E-state index is -4.04. The molecule has 0 bridgehead atoms. The summed E-state index contributed by atoms with van der Waals surface area (Å²) in [6, 6.07) is 24.7. The van der Waals surface area contributed by atoms with E-state index < -0.39 is 28.0 Å². The number of rotatable bonds is 7. The summed E-state index contributed by atoms with van der Waals surface area (Å²) in [6.07, 6.45) is 1.91. The largest absolute Gasteiger partial charge is 0.463 e. The van der Waals surface area contributed by atoms with E-state index >= 15 is 0 Å². The zero-order chi connectivity index (χ0) is 24.3. The molecular weight excluding hydrogens is 446 g/mol. The van der Waals surface area contributed by atoms with Crippen LogP contribution in [-0.2, 0) is 19.6 Å². The summed E-state index contributed by atoms with van der Waals surface area (Å²) in [5, 5.41) is 0. The van der Waals surface area contributed by atoms with Crippen LogP contribution >= 0.6 is 0 Å². The van der Waals surface area contributed by atoms with E-state index in [1.54, 1.807) is 31.2 Å². The van der Waals surface area contributed by atoms with Crippen LogP contribution in [0.5, 0.6) is 0 Å². The summed E-state index contributed by atoms with van der Waals surface area (Å²) in [6.45, 7) is 7.80. The molecule has 0 unspecified atom stereocenters. The number of hydrogen-bond acceptors (Lipinski definition) is 4. The van der Waals surface area contributed by atoms with Crippen LogP contribution < -0.4 is 0 Å². The second-order valence-electron chi connectivity index (χ2n) is 8.16. The van der Waals surface area contributed by atoms with Gasteiger partial charge in [-0.3, -0.25) is 4.31 Å². The normalized spacial score (nSPS) is 17.8. The second kappa shape index (κ2) is 9.69. The molecule has 2 atom stereocenters. The first-order valence-corrected chi connectivity index (χ1v) is 12.6. The Balaban J connectivity index is 1.94. The maximum Gasteiger partial charge on any atom is 0.335 e. The highest BCUT2D eigenvalue weighted by atomic mass is 32.2. The number of nitrogens with zero attached hydrogens (tertiary/aromatic N) is 1. The number of carbonyl (C=O) groups is 1. The monoisotopic (exact) mass is 473 g/mol. The Morgan fingerprint density at radius 2 is 1.53 bits per heavy atom. The summed E-state index contributed by atoms with van der Waals surface area (Å²) in [7, 11) is -4.04. The van der Waals surface area contributed by atoms with Crippen LogP contribution in [-0.4, -0.2) is 31.3 Å². The number of ether oxygens (including phenoxy) is 1. The number of aryl methyl sites for hydroxylation is 1. The van der Waals surface area contributed by atoms with Crippen molar-refractivity contribution >= 4 is 21.7 Å². The SMILES string of the molecule is C=C(C(=O)OCC)[C@@H]1[C@@H](c2ccccc2)C=C(c2ccccc2)N1S(=O)(=O)c1ccc(C)cc1. The van der Waals surface area contributed by atoms with E-state index in [1.807, 2.05) is 73.7 Å². The molecule has 3 aromatic carbocycles. The fraction of sp³-hybridized carbons (Fsp3) is 0.179. The molecule has 0 saturated carbocycles. The van der Waals surface area contributed by atoms with E-state index in [1.165, 1.54) is 4.31 Å². The minimum Gasteiger partial charge on any atom is -0.463 e. The lowest BCUT2D eigenvalue weighted by atomic mass is 9.89. The zero-order valence-electron chi connectivity index (χ0n) is 19.2. The van der Waals surface area contributed by atoms with Crippen LogP contribution in [0.1, 0.15) is 29.5 Å². The third kappa shape index (κ3) is 4.41. The van der Waals surface area contributed by atoms with Gasteiger partial charge in [0.1, 0.15) is 0 Å². The van der Waals surface area contributed by atoms with Gasteiger partial charge in [-0.2, -0.15) is 0 Å². The molecule has 0 saturated heterocycles. The lowest BCUT2D eigenvalue weighted by molar-refractivity contribution is -0.139. The van der Waals surface area contributed by atoms with Crippen molar-refractivity contribution in [3.05, 3.63) is 120 Å². The molecule has 5 nitrogen and oxygen atoms in total. The molecule has 174 valence electrons. The molecule has 1 aliphatic heterocycles. The van der Waals surface area contributed by atoms with Gasteiger partial charge >= 0.3 is 5.97 Å². The first kappa shape index (κ1) is 23.5. The molecule has 0 fully saturated rings. The van der Waals surface area contributed by atoms with E-state index in [2.05, 4.69) is 6.58 Å². The van der Waals surface area contributed by atoms with Gasteiger partial charge in [0.2, 0.25) is 0 Å². The second-order valence-corrected chi connectivity index (χ2v) is 9.97. The predicted octanol–water partition coefficient (Wildman–Crippen LogP) is 5.31. The Morgan fingerprint density at radius 1 is 0.941 bits per heavy atom. The van der Waals surface area contributed by atoms with Gasteiger partial charge in [-0.1, -0.05) is 84.9 Å². The van der Waals surface area contributed by atoms with E-state index in [0.717, 1.165) is 16.7 Å². The summed E-state index contributed by atoms with van der Waals surface area (Å²) < 4.78 is 34.8. The lowest BCUT2D eigenvalue weighted by Gasteiger charge is -2.32.